The maximum Gasteiger partial charge on any atom is 0.258 e. The number of benzene rings is 2. The summed E-state index contributed by atoms with van der Waals surface area (Å²) in [4.78, 5) is 12.6. The molecule has 1 saturated heterocycles. The first kappa shape index (κ1) is 22.3. The van der Waals surface area contributed by atoms with Gasteiger partial charge in [-0.15, -0.1) is 0 Å². The molecule has 0 aliphatic carbocycles. The molecule has 1 atom stereocenters. The predicted octanol–water partition coefficient (Wildman–Crippen LogP) is 3.65. The molecule has 2 aromatic rings. The highest BCUT2D eigenvalue weighted by Crippen LogP contribution is 2.23. The third-order valence-corrected chi connectivity index (χ3v) is 7.54. The number of rotatable bonds is 7. The number of nitrogens with one attached hydrogen (secondary N) is 1. The molecule has 0 unspecified atom stereocenters. The van der Waals surface area contributed by atoms with Crippen LogP contribution in [0.25, 0.3) is 0 Å². The first-order chi connectivity index (χ1) is 14.2. The van der Waals surface area contributed by atoms with Gasteiger partial charge in [-0.3, -0.25) is 4.79 Å². The van der Waals surface area contributed by atoms with E-state index in [0.29, 0.717) is 18.8 Å². The minimum absolute atomic E-state index is 0.131. The van der Waals surface area contributed by atoms with Crippen LogP contribution in [0.2, 0.25) is 0 Å². The maximum atomic E-state index is 12.6. The lowest BCUT2D eigenvalue weighted by Crippen LogP contribution is -2.31. The molecule has 1 amide bonds. The number of ether oxygens (including phenoxy) is 1. The lowest BCUT2D eigenvalue weighted by molar-refractivity contribution is -0.123. The second kappa shape index (κ2) is 9.18. The Labute approximate surface area is 179 Å². The van der Waals surface area contributed by atoms with Crippen LogP contribution in [-0.2, 0) is 14.8 Å². The average Bonchev–Trinajstić information content (AvgIpc) is 3.25. The minimum Gasteiger partial charge on any atom is -0.484 e. The molecule has 0 saturated carbocycles. The summed E-state index contributed by atoms with van der Waals surface area (Å²) in [6, 6.07) is 10.3. The Balaban J connectivity index is 1.56. The molecule has 0 spiro atoms. The first-order valence-electron chi connectivity index (χ1n) is 10.3. The van der Waals surface area contributed by atoms with Crippen LogP contribution in [0.3, 0.4) is 0 Å². The summed E-state index contributed by atoms with van der Waals surface area (Å²) >= 11 is 0. The van der Waals surface area contributed by atoms with Gasteiger partial charge in [0, 0.05) is 13.1 Å². The summed E-state index contributed by atoms with van der Waals surface area (Å²) in [5, 5.41) is 2.96. The van der Waals surface area contributed by atoms with E-state index in [1.54, 1.807) is 12.1 Å². The Morgan fingerprint density at radius 1 is 1.03 bits per heavy atom. The molecular weight excluding hydrogens is 400 g/mol. The molecule has 1 N–H and O–H groups in total. The highest BCUT2D eigenvalue weighted by molar-refractivity contribution is 7.89. The molecule has 1 fully saturated rings. The molecule has 2 aromatic carbocycles. The molecule has 1 heterocycles. The number of nitrogens with zero attached hydrogens (tertiary/aromatic N) is 1. The summed E-state index contributed by atoms with van der Waals surface area (Å²) in [7, 11) is -3.45. The summed E-state index contributed by atoms with van der Waals surface area (Å²) in [5.41, 5.74) is 4.65. The van der Waals surface area contributed by atoms with Crippen molar-refractivity contribution in [1.29, 1.82) is 0 Å². The van der Waals surface area contributed by atoms with Gasteiger partial charge >= 0.3 is 0 Å². The van der Waals surface area contributed by atoms with E-state index in [1.165, 1.54) is 27.6 Å². The minimum atomic E-state index is -3.45. The van der Waals surface area contributed by atoms with Gasteiger partial charge in [-0.25, -0.2) is 8.42 Å². The van der Waals surface area contributed by atoms with Crippen LogP contribution in [0.1, 0.15) is 48.1 Å². The van der Waals surface area contributed by atoms with Gasteiger partial charge in [0.05, 0.1) is 10.9 Å². The Kier molecular flexibility index (Phi) is 6.83. The molecule has 30 heavy (non-hydrogen) atoms. The SMILES string of the molecule is Cc1cc(C)c([C@@H](C)NC(=O)COc2ccc(S(=O)(=O)N3CCCC3)cc2)cc1C. The van der Waals surface area contributed by atoms with Crippen molar-refractivity contribution in [2.45, 2.75) is 51.5 Å². The van der Waals surface area contributed by atoms with Gasteiger partial charge < -0.3 is 10.1 Å². The normalized spacial score (nSPS) is 15.7. The lowest BCUT2D eigenvalue weighted by Gasteiger charge is -2.19. The monoisotopic (exact) mass is 430 g/mol. The number of amides is 1. The highest BCUT2D eigenvalue weighted by Gasteiger charge is 2.27. The summed E-state index contributed by atoms with van der Waals surface area (Å²) in [6.45, 7) is 9.13. The van der Waals surface area contributed by atoms with Crippen LogP contribution in [0, 0.1) is 20.8 Å². The Hall–Kier alpha value is -2.38. The molecule has 6 nitrogen and oxygen atoms in total. The van der Waals surface area contributed by atoms with Gasteiger partial charge in [0.15, 0.2) is 6.61 Å². The standard InChI is InChI=1S/C23H30N2O4S/c1-16-13-18(3)22(14-17(16)2)19(4)24-23(26)15-29-20-7-9-21(10-8-20)30(27,28)25-11-5-6-12-25/h7-10,13-14,19H,5-6,11-12,15H2,1-4H3,(H,24,26)/t19-/m1/s1. The van der Waals surface area contributed by atoms with Crippen molar-refractivity contribution in [3.8, 4) is 5.75 Å². The zero-order chi connectivity index (χ0) is 21.9. The van der Waals surface area contributed by atoms with Crippen LogP contribution in [0.4, 0.5) is 0 Å². The molecule has 1 aliphatic rings. The number of carbonyl (C=O) groups excluding carboxylic acids is 1. The van der Waals surface area contributed by atoms with E-state index >= 15 is 0 Å². The quantitative estimate of drug-likeness (QED) is 0.727. The molecule has 0 aromatic heterocycles. The van der Waals surface area contributed by atoms with Gasteiger partial charge in [-0.1, -0.05) is 12.1 Å². The van der Waals surface area contributed by atoms with Crippen molar-refractivity contribution in [3.63, 3.8) is 0 Å². The predicted molar refractivity (Wildman–Crippen MR) is 117 cm³/mol. The van der Waals surface area contributed by atoms with Crippen molar-refractivity contribution < 1.29 is 17.9 Å². The molecule has 162 valence electrons. The molecule has 3 rings (SSSR count). The fraction of sp³-hybridized carbons (Fsp3) is 0.435. The number of sulfonamides is 1. The van der Waals surface area contributed by atoms with E-state index in [-0.39, 0.29) is 23.5 Å². The van der Waals surface area contributed by atoms with Crippen LogP contribution < -0.4 is 10.1 Å². The number of carbonyl (C=O) groups is 1. The topological polar surface area (TPSA) is 75.7 Å². The maximum absolute atomic E-state index is 12.6. The largest absolute Gasteiger partial charge is 0.484 e. The fourth-order valence-electron chi connectivity index (χ4n) is 3.74. The van der Waals surface area contributed by atoms with Crippen molar-refractivity contribution in [2.24, 2.45) is 0 Å². The first-order valence-corrected chi connectivity index (χ1v) is 11.7. The Morgan fingerprint density at radius 3 is 2.27 bits per heavy atom. The van der Waals surface area contributed by atoms with Crippen molar-refractivity contribution in [1.82, 2.24) is 9.62 Å². The zero-order valence-electron chi connectivity index (χ0n) is 18.1. The Bertz CT molecular complexity index is 1010. The number of hydrogen-bond donors (Lipinski definition) is 1. The van der Waals surface area contributed by atoms with Gasteiger partial charge in [0.1, 0.15) is 5.75 Å². The molecule has 7 heteroatoms. The van der Waals surface area contributed by atoms with Crippen LogP contribution in [0.15, 0.2) is 41.3 Å². The summed E-state index contributed by atoms with van der Waals surface area (Å²) in [6.07, 6.45) is 1.80. The number of hydrogen-bond acceptors (Lipinski definition) is 4. The molecular formula is C23H30N2O4S. The van der Waals surface area contributed by atoms with Gasteiger partial charge in [-0.2, -0.15) is 4.31 Å². The zero-order valence-corrected chi connectivity index (χ0v) is 18.9. The highest BCUT2D eigenvalue weighted by atomic mass is 32.2. The van der Waals surface area contributed by atoms with Gasteiger partial charge in [-0.05, 0) is 87.1 Å². The third-order valence-electron chi connectivity index (χ3n) is 5.62. The lowest BCUT2D eigenvalue weighted by atomic mass is 9.96. The van der Waals surface area contributed by atoms with E-state index < -0.39 is 10.0 Å². The average molecular weight is 431 g/mol. The number of aryl methyl sites for hydroxylation is 3. The second-order valence-electron chi connectivity index (χ2n) is 7.95. The fourth-order valence-corrected chi connectivity index (χ4v) is 5.26. The summed E-state index contributed by atoms with van der Waals surface area (Å²) in [5.74, 6) is 0.231. The van der Waals surface area contributed by atoms with E-state index in [0.717, 1.165) is 24.0 Å². The molecule has 0 radical (unpaired) electrons. The van der Waals surface area contributed by atoms with Crippen LogP contribution in [0.5, 0.6) is 5.75 Å². The summed E-state index contributed by atoms with van der Waals surface area (Å²) < 4.78 is 32.2. The van der Waals surface area contributed by atoms with Crippen molar-refractivity contribution in [2.75, 3.05) is 19.7 Å². The molecule has 0 bridgehead atoms. The van der Waals surface area contributed by atoms with Crippen molar-refractivity contribution >= 4 is 15.9 Å². The van der Waals surface area contributed by atoms with E-state index in [1.807, 2.05) is 13.8 Å². The third kappa shape index (κ3) is 5.02. The second-order valence-corrected chi connectivity index (χ2v) is 9.89. The van der Waals surface area contributed by atoms with E-state index in [4.69, 9.17) is 4.74 Å². The van der Waals surface area contributed by atoms with Crippen LogP contribution >= 0.6 is 0 Å². The van der Waals surface area contributed by atoms with Gasteiger partial charge in [0.2, 0.25) is 10.0 Å². The Morgan fingerprint density at radius 2 is 1.63 bits per heavy atom. The van der Waals surface area contributed by atoms with Gasteiger partial charge in [0.25, 0.3) is 5.91 Å². The van der Waals surface area contributed by atoms with Crippen molar-refractivity contribution in [3.05, 3.63) is 58.7 Å². The smallest absolute Gasteiger partial charge is 0.258 e. The van der Waals surface area contributed by atoms with E-state index in [9.17, 15) is 13.2 Å². The molecule has 1 aliphatic heterocycles. The van der Waals surface area contributed by atoms with E-state index in [2.05, 4.69) is 31.3 Å². The van der Waals surface area contributed by atoms with Crippen LogP contribution in [-0.4, -0.2) is 38.3 Å².